The third kappa shape index (κ3) is 3.87. The van der Waals surface area contributed by atoms with Crippen LogP contribution >= 0.6 is 0 Å². The molecule has 0 saturated carbocycles. The standard InChI is InChI=1S/C17H19N7O/c18-8-11-1-3-12(4-2-11)15-5-6-16(23-22-15)24-9-13(21-10-24)7-14(19)17(20)25/h1-6,9-10,14H,7-8,18-19H2,(H2,20,25). The van der Waals surface area contributed by atoms with Gasteiger partial charge in [0, 0.05) is 24.7 Å². The maximum absolute atomic E-state index is 11.0. The zero-order valence-electron chi connectivity index (χ0n) is 13.5. The minimum Gasteiger partial charge on any atom is -0.368 e. The lowest BCUT2D eigenvalue weighted by molar-refractivity contribution is -0.119. The van der Waals surface area contributed by atoms with E-state index >= 15 is 0 Å². The van der Waals surface area contributed by atoms with Crippen LogP contribution in [0.2, 0.25) is 0 Å². The van der Waals surface area contributed by atoms with Crippen molar-refractivity contribution < 1.29 is 4.79 Å². The summed E-state index contributed by atoms with van der Waals surface area (Å²) in [5.74, 6) is 0.0630. The Kier molecular flexibility index (Phi) is 4.82. The van der Waals surface area contributed by atoms with Crippen LogP contribution in [0.3, 0.4) is 0 Å². The molecule has 25 heavy (non-hydrogen) atoms. The molecule has 3 aromatic rings. The van der Waals surface area contributed by atoms with Crippen LogP contribution in [-0.2, 0) is 17.8 Å². The number of carbonyl (C=O) groups excluding carboxylic acids is 1. The molecule has 1 atom stereocenters. The summed E-state index contributed by atoms with van der Waals surface area (Å²) < 4.78 is 1.72. The van der Waals surface area contributed by atoms with Crippen LogP contribution in [0.5, 0.6) is 0 Å². The van der Waals surface area contributed by atoms with E-state index in [-0.39, 0.29) is 6.42 Å². The van der Waals surface area contributed by atoms with Crippen molar-refractivity contribution in [3.05, 3.63) is 60.2 Å². The highest BCUT2D eigenvalue weighted by atomic mass is 16.1. The Hall–Kier alpha value is -3.10. The lowest BCUT2D eigenvalue weighted by atomic mass is 10.1. The molecule has 0 aliphatic carbocycles. The first-order valence-electron chi connectivity index (χ1n) is 7.78. The van der Waals surface area contributed by atoms with Gasteiger partial charge in [0.15, 0.2) is 5.82 Å². The second-order valence-corrected chi connectivity index (χ2v) is 5.66. The molecule has 1 amide bonds. The normalized spacial score (nSPS) is 12.1. The molecule has 2 aromatic heterocycles. The lowest BCUT2D eigenvalue weighted by Gasteiger charge is -2.04. The van der Waals surface area contributed by atoms with Crippen molar-refractivity contribution in [2.24, 2.45) is 17.2 Å². The average molecular weight is 337 g/mol. The lowest BCUT2D eigenvalue weighted by Crippen LogP contribution is -2.38. The first-order chi connectivity index (χ1) is 12.1. The number of amides is 1. The molecule has 1 unspecified atom stereocenters. The van der Waals surface area contributed by atoms with Crippen LogP contribution in [0.15, 0.2) is 48.9 Å². The third-order valence-electron chi connectivity index (χ3n) is 3.83. The molecule has 0 radical (unpaired) electrons. The Morgan fingerprint density at radius 1 is 1.12 bits per heavy atom. The fraction of sp³-hybridized carbons (Fsp3) is 0.176. The van der Waals surface area contributed by atoms with E-state index in [0.717, 1.165) is 16.8 Å². The number of nitrogens with two attached hydrogens (primary N) is 3. The Balaban J connectivity index is 1.76. The molecule has 6 N–H and O–H groups in total. The average Bonchev–Trinajstić information content (AvgIpc) is 3.10. The smallest absolute Gasteiger partial charge is 0.234 e. The third-order valence-corrected chi connectivity index (χ3v) is 3.83. The number of imidazole rings is 1. The highest BCUT2D eigenvalue weighted by Crippen LogP contribution is 2.17. The van der Waals surface area contributed by atoms with E-state index in [1.54, 1.807) is 17.1 Å². The van der Waals surface area contributed by atoms with E-state index < -0.39 is 11.9 Å². The van der Waals surface area contributed by atoms with Crippen LogP contribution in [0.4, 0.5) is 0 Å². The summed E-state index contributed by atoms with van der Waals surface area (Å²) in [7, 11) is 0. The molecule has 1 aromatic carbocycles. The summed E-state index contributed by atoms with van der Waals surface area (Å²) in [5.41, 5.74) is 19.9. The molecule has 8 nitrogen and oxygen atoms in total. The molecular formula is C17H19N7O. The second-order valence-electron chi connectivity index (χ2n) is 5.66. The van der Waals surface area contributed by atoms with Gasteiger partial charge in [-0.3, -0.25) is 9.36 Å². The van der Waals surface area contributed by atoms with Gasteiger partial charge in [-0.25, -0.2) is 4.98 Å². The van der Waals surface area contributed by atoms with Crippen LogP contribution in [-0.4, -0.2) is 31.7 Å². The Morgan fingerprint density at radius 2 is 1.88 bits per heavy atom. The van der Waals surface area contributed by atoms with Gasteiger partial charge >= 0.3 is 0 Å². The van der Waals surface area contributed by atoms with Gasteiger partial charge in [0.25, 0.3) is 0 Å². The molecule has 2 heterocycles. The number of hydrogen-bond donors (Lipinski definition) is 3. The minimum absolute atomic E-state index is 0.279. The predicted octanol–water partition coefficient (Wildman–Crippen LogP) is 0.143. The van der Waals surface area contributed by atoms with Crippen molar-refractivity contribution in [3.63, 3.8) is 0 Å². The molecular weight excluding hydrogens is 318 g/mol. The summed E-state index contributed by atoms with van der Waals surface area (Å²) in [4.78, 5) is 15.2. The zero-order chi connectivity index (χ0) is 17.8. The monoisotopic (exact) mass is 337 g/mol. The molecule has 0 saturated heterocycles. The van der Waals surface area contributed by atoms with Crippen molar-refractivity contribution in [2.45, 2.75) is 19.0 Å². The SMILES string of the molecule is NCc1ccc(-c2ccc(-n3cnc(CC(N)C(N)=O)c3)nn2)cc1. The maximum Gasteiger partial charge on any atom is 0.234 e. The topological polar surface area (TPSA) is 139 Å². The zero-order valence-corrected chi connectivity index (χ0v) is 13.5. The highest BCUT2D eigenvalue weighted by Gasteiger charge is 2.12. The van der Waals surface area contributed by atoms with E-state index in [9.17, 15) is 4.79 Å². The fourth-order valence-electron chi connectivity index (χ4n) is 2.35. The predicted molar refractivity (Wildman–Crippen MR) is 93.4 cm³/mol. The number of benzene rings is 1. The van der Waals surface area contributed by atoms with Crippen LogP contribution in [0, 0.1) is 0 Å². The van der Waals surface area contributed by atoms with E-state index in [2.05, 4.69) is 15.2 Å². The maximum atomic E-state index is 11.0. The van der Waals surface area contributed by atoms with E-state index in [1.807, 2.05) is 36.4 Å². The molecule has 8 heteroatoms. The molecule has 0 aliphatic heterocycles. The first kappa shape index (κ1) is 16.7. The van der Waals surface area contributed by atoms with Gasteiger partial charge in [-0.15, -0.1) is 10.2 Å². The van der Waals surface area contributed by atoms with Crippen LogP contribution < -0.4 is 17.2 Å². The number of primary amides is 1. The Bertz CT molecular complexity index is 855. The van der Waals surface area contributed by atoms with Gasteiger partial charge in [-0.1, -0.05) is 24.3 Å². The van der Waals surface area contributed by atoms with Crippen LogP contribution in [0.25, 0.3) is 17.1 Å². The van der Waals surface area contributed by atoms with Crippen molar-refractivity contribution in [3.8, 4) is 17.1 Å². The first-order valence-corrected chi connectivity index (χ1v) is 7.78. The van der Waals surface area contributed by atoms with Gasteiger partial charge < -0.3 is 17.2 Å². The fourth-order valence-corrected chi connectivity index (χ4v) is 2.35. The summed E-state index contributed by atoms with van der Waals surface area (Å²) in [6.07, 6.45) is 3.63. The molecule has 0 bridgehead atoms. The van der Waals surface area contributed by atoms with Gasteiger partial charge in [0.2, 0.25) is 5.91 Å². The van der Waals surface area contributed by atoms with Crippen molar-refractivity contribution >= 4 is 5.91 Å². The van der Waals surface area contributed by atoms with Crippen LogP contribution in [0.1, 0.15) is 11.3 Å². The number of aromatic nitrogens is 4. The molecule has 3 rings (SSSR count). The van der Waals surface area contributed by atoms with E-state index in [1.165, 1.54) is 0 Å². The number of hydrogen-bond acceptors (Lipinski definition) is 6. The minimum atomic E-state index is -0.756. The molecule has 0 spiro atoms. The van der Waals surface area contributed by atoms with Gasteiger partial charge in [0.05, 0.1) is 17.4 Å². The summed E-state index contributed by atoms with van der Waals surface area (Å²) in [6.45, 7) is 0.507. The summed E-state index contributed by atoms with van der Waals surface area (Å²) in [6, 6.07) is 10.8. The van der Waals surface area contributed by atoms with Gasteiger partial charge in [0.1, 0.15) is 6.33 Å². The van der Waals surface area contributed by atoms with Crippen molar-refractivity contribution in [1.82, 2.24) is 19.7 Å². The molecule has 128 valence electrons. The van der Waals surface area contributed by atoms with Crippen molar-refractivity contribution in [2.75, 3.05) is 0 Å². The number of rotatable bonds is 6. The Morgan fingerprint density at radius 3 is 2.48 bits per heavy atom. The van der Waals surface area contributed by atoms with Crippen molar-refractivity contribution in [1.29, 1.82) is 0 Å². The highest BCUT2D eigenvalue weighted by molar-refractivity contribution is 5.79. The number of nitrogens with zero attached hydrogens (tertiary/aromatic N) is 4. The quantitative estimate of drug-likeness (QED) is 0.585. The largest absolute Gasteiger partial charge is 0.368 e. The van der Waals surface area contributed by atoms with Gasteiger partial charge in [-0.05, 0) is 17.7 Å². The summed E-state index contributed by atoms with van der Waals surface area (Å²) >= 11 is 0. The Labute approximate surface area is 144 Å². The second kappa shape index (κ2) is 7.20. The molecule has 0 fully saturated rings. The summed E-state index contributed by atoms with van der Waals surface area (Å²) in [5, 5.41) is 8.47. The van der Waals surface area contributed by atoms with Gasteiger partial charge in [-0.2, -0.15) is 0 Å². The van der Waals surface area contributed by atoms with E-state index in [0.29, 0.717) is 18.1 Å². The molecule has 0 aliphatic rings. The van der Waals surface area contributed by atoms with E-state index in [4.69, 9.17) is 17.2 Å². The number of carbonyl (C=O) groups is 1.